The fourth-order valence-corrected chi connectivity index (χ4v) is 4.30. The van der Waals surface area contributed by atoms with E-state index in [0.717, 1.165) is 58.6 Å². The first-order chi connectivity index (χ1) is 13.6. The molecule has 1 aromatic heterocycles. The Labute approximate surface area is 165 Å². The van der Waals surface area contributed by atoms with Crippen LogP contribution in [-0.4, -0.2) is 36.6 Å². The van der Waals surface area contributed by atoms with Crippen LogP contribution in [-0.2, 0) is 11.2 Å². The Hall–Kier alpha value is -2.95. The summed E-state index contributed by atoms with van der Waals surface area (Å²) in [5.41, 5.74) is 4.28. The minimum atomic E-state index is 0.0406. The molecule has 5 heteroatoms. The van der Waals surface area contributed by atoms with Crippen LogP contribution in [0, 0.1) is 6.92 Å². The summed E-state index contributed by atoms with van der Waals surface area (Å²) < 4.78 is 10.9. The monoisotopic (exact) mass is 378 g/mol. The molecule has 4 rings (SSSR count). The Kier molecular flexibility index (Phi) is 4.99. The van der Waals surface area contributed by atoms with Gasteiger partial charge in [-0.15, -0.1) is 0 Å². The Morgan fingerprint density at radius 3 is 2.79 bits per heavy atom. The van der Waals surface area contributed by atoms with Gasteiger partial charge in [0.2, 0.25) is 5.91 Å². The predicted octanol–water partition coefficient (Wildman–Crippen LogP) is 4.40. The zero-order valence-corrected chi connectivity index (χ0v) is 16.6. The van der Waals surface area contributed by atoms with Crippen molar-refractivity contribution < 1.29 is 14.3 Å². The van der Waals surface area contributed by atoms with E-state index in [4.69, 9.17) is 9.47 Å². The van der Waals surface area contributed by atoms with Crippen molar-refractivity contribution in [1.82, 2.24) is 9.88 Å². The average Bonchev–Trinajstić information content (AvgIpc) is 3.32. The largest absolute Gasteiger partial charge is 0.497 e. The molecule has 2 heterocycles. The van der Waals surface area contributed by atoms with Gasteiger partial charge in [0.1, 0.15) is 11.5 Å². The van der Waals surface area contributed by atoms with E-state index in [2.05, 4.69) is 17.1 Å². The van der Waals surface area contributed by atoms with Crippen molar-refractivity contribution in [1.29, 1.82) is 0 Å². The van der Waals surface area contributed by atoms with Gasteiger partial charge in [-0.1, -0.05) is 18.2 Å². The van der Waals surface area contributed by atoms with E-state index in [9.17, 15) is 4.79 Å². The summed E-state index contributed by atoms with van der Waals surface area (Å²) in [5.74, 6) is 1.69. The molecular formula is C23H26N2O3. The molecule has 3 aromatic rings. The van der Waals surface area contributed by atoms with Gasteiger partial charge in [-0.25, -0.2) is 0 Å². The molecule has 146 valence electrons. The van der Waals surface area contributed by atoms with E-state index in [-0.39, 0.29) is 11.9 Å². The van der Waals surface area contributed by atoms with Crippen LogP contribution >= 0.6 is 0 Å². The maximum absolute atomic E-state index is 13.3. The predicted molar refractivity (Wildman–Crippen MR) is 110 cm³/mol. The number of rotatable bonds is 5. The van der Waals surface area contributed by atoms with Crippen LogP contribution < -0.4 is 9.47 Å². The number of H-pyrrole nitrogens is 1. The van der Waals surface area contributed by atoms with Crippen molar-refractivity contribution in [3.63, 3.8) is 0 Å². The Morgan fingerprint density at radius 1 is 1.18 bits per heavy atom. The van der Waals surface area contributed by atoms with Crippen LogP contribution in [0.5, 0.6) is 11.5 Å². The SMILES string of the molecule is COc1ccc(C2CCCN2C(=O)Cc2c(C)[nH]c3ccccc23)c(OC)c1. The minimum absolute atomic E-state index is 0.0406. The van der Waals surface area contributed by atoms with Crippen molar-refractivity contribution >= 4 is 16.8 Å². The molecule has 0 saturated carbocycles. The van der Waals surface area contributed by atoms with Crippen LogP contribution in [0.3, 0.4) is 0 Å². The third-order valence-corrected chi connectivity index (χ3v) is 5.73. The number of aromatic nitrogens is 1. The first-order valence-corrected chi connectivity index (χ1v) is 9.70. The summed E-state index contributed by atoms with van der Waals surface area (Å²) in [6.45, 7) is 2.82. The first-order valence-electron chi connectivity index (χ1n) is 9.70. The van der Waals surface area contributed by atoms with Gasteiger partial charge >= 0.3 is 0 Å². The molecule has 1 unspecified atom stereocenters. The van der Waals surface area contributed by atoms with Crippen molar-refractivity contribution in [2.24, 2.45) is 0 Å². The van der Waals surface area contributed by atoms with E-state index >= 15 is 0 Å². The molecule has 5 nitrogen and oxygen atoms in total. The molecule has 28 heavy (non-hydrogen) atoms. The molecule has 1 fully saturated rings. The van der Waals surface area contributed by atoms with Crippen LogP contribution in [0.1, 0.15) is 35.7 Å². The highest BCUT2D eigenvalue weighted by atomic mass is 16.5. The number of nitrogens with one attached hydrogen (secondary N) is 1. The summed E-state index contributed by atoms with van der Waals surface area (Å²) >= 11 is 0. The molecule has 1 saturated heterocycles. The molecule has 0 spiro atoms. The van der Waals surface area contributed by atoms with Gasteiger partial charge in [0.25, 0.3) is 0 Å². The van der Waals surface area contributed by atoms with Crippen LogP contribution in [0.25, 0.3) is 10.9 Å². The third kappa shape index (κ3) is 3.21. The molecule has 1 aliphatic heterocycles. The van der Waals surface area contributed by atoms with Gasteiger partial charge in [0.05, 0.1) is 26.7 Å². The molecule has 1 aliphatic rings. The third-order valence-electron chi connectivity index (χ3n) is 5.73. The summed E-state index contributed by atoms with van der Waals surface area (Å²) in [5, 5.41) is 1.13. The molecule has 0 radical (unpaired) electrons. The molecule has 0 bridgehead atoms. The fraction of sp³-hybridized carbons (Fsp3) is 0.348. The lowest BCUT2D eigenvalue weighted by atomic mass is 10.0. The van der Waals surface area contributed by atoms with Gasteiger partial charge in [-0.05, 0) is 43.5 Å². The number of para-hydroxylation sites is 1. The highest BCUT2D eigenvalue weighted by Crippen LogP contribution is 2.39. The van der Waals surface area contributed by atoms with E-state index in [0.29, 0.717) is 6.42 Å². The summed E-state index contributed by atoms with van der Waals surface area (Å²) in [6, 6.07) is 14.0. The molecular weight excluding hydrogens is 352 g/mol. The van der Waals surface area contributed by atoms with Gasteiger partial charge in [-0.2, -0.15) is 0 Å². The maximum atomic E-state index is 13.3. The lowest BCUT2D eigenvalue weighted by molar-refractivity contribution is -0.131. The number of aryl methyl sites for hydroxylation is 1. The van der Waals surface area contributed by atoms with Crippen molar-refractivity contribution in [3.8, 4) is 11.5 Å². The number of aromatic amines is 1. The maximum Gasteiger partial charge on any atom is 0.227 e. The number of carbonyl (C=O) groups excluding carboxylic acids is 1. The number of hydrogen-bond donors (Lipinski definition) is 1. The quantitative estimate of drug-likeness (QED) is 0.716. The molecule has 2 aromatic carbocycles. The second kappa shape index (κ2) is 7.58. The topological polar surface area (TPSA) is 54.6 Å². The number of methoxy groups -OCH3 is 2. The smallest absolute Gasteiger partial charge is 0.227 e. The van der Waals surface area contributed by atoms with Gasteiger partial charge < -0.3 is 19.4 Å². The van der Waals surface area contributed by atoms with Gasteiger partial charge in [0.15, 0.2) is 0 Å². The van der Waals surface area contributed by atoms with Gasteiger partial charge in [0, 0.05) is 34.8 Å². The van der Waals surface area contributed by atoms with Crippen molar-refractivity contribution in [2.45, 2.75) is 32.2 Å². The number of likely N-dealkylation sites (tertiary alicyclic amines) is 1. The van der Waals surface area contributed by atoms with Crippen LogP contribution in [0.4, 0.5) is 0 Å². The highest BCUT2D eigenvalue weighted by Gasteiger charge is 2.32. The van der Waals surface area contributed by atoms with E-state index in [1.54, 1.807) is 14.2 Å². The van der Waals surface area contributed by atoms with E-state index in [1.165, 1.54) is 0 Å². The molecule has 1 atom stereocenters. The molecule has 1 N–H and O–H groups in total. The number of nitrogens with zero attached hydrogens (tertiary/aromatic N) is 1. The van der Waals surface area contributed by atoms with Crippen molar-refractivity contribution in [2.75, 3.05) is 20.8 Å². The fourth-order valence-electron chi connectivity index (χ4n) is 4.30. The lowest BCUT2D eigenvalue weighted by Crippen LogP contribution is -2.32. The summed E-state index contributed by atoms with van der Waals surface area (Å²) in [7, 11) is 3.30. The summed E-state index contributed by atoms with van der Waals surface area (Å²) in [4.78, 5) is 18.7. The number of benzene rings is 2. The lowest BCUT2D eigenvalue weighted by Gasteiger charge is -2.27. The zero-order valence-electron chi connectivity index (χ0n) is 16.6. The minimum Gasteiger partial charge on any atom is -0.497 e. The van der Waals surface area contributed by atoms with E-state index < -0.39 is 0 Å². The zero-order chi connectivity index (χ0) is 19.7. The normalized spacial score (nSPS) is 16.5. The molecule has 1 amide bonds. The molecule has 0 aliphatic carbocycles. The standard InChI is InChI=1S/C23H26N2O3/c1-15-19(17-7-4-5-8-20(17)24-15)14-23(26)25-12-6-9-21(25)18-11-10-16(27-2)13-22(18)28-3/h4-5,7-8,10-11,13,21,24H,6,9,12,14H2,1-3H3. The second-order valence-corrected chi connectivity index (χ2v) is 7.30. The number of fused-ring (bicyclic) bond motifs is 1. The second-order valence-electron chi connectivity index (χ2n) is 7.30. The highest BCUT2D eigenvalue weighted by molar-refractivity contribution is 5.90. The Bertz CT molecular complexity index is 1010. The number of carbonyl (C=O) groups is 1. The number of ether oxygens (including phenoxy) is 2. The van der Waals surface area contributed by atoms with Crippen LogP contribution in [0.2, 0.25) is 0 Å². The number of hydrogen-bond acceptors (Lipinski definition) is 3. The van der Waals surface area contributed by atoms with Crippen LogP contribution in [0.15, 0.2) is 42.5 Å². The Morgan fingerprint density at radius 2 is 2.00 bits per heavy atom. The summed E-state index contributed by atoms with van der Waals surface area (Å²) in [6.07, 6.45) is 2.35. The average molecular weight is 378 g/mol. The van der Waals surface area contributed by atoms with Gasteiger partial charge in [-0.3, -0.25) is 4.79 Å². The number of amides is 1. The Balaban J connectivity index is 1.61. The van der Waals surface area contributed by atoms with E-state index in [1.807, 2.05) is 42.2 Å². The first kappa shape index (κ1) is 18.4. The van der Waals surface area contributed by atoms with Crippen molar-refractivity contribution in [3.05, 3.63) is 59.3 Å².